The van der Waals surface area contributed by atoms with Gasteiger partial charge in [0, 0.05) is 37.9 Å². The van der Waals surface area contributed by atoms with Crippen LogP contribution >= 0.6 is 0 Å². The molecule has 0 fully saturated rings. The first kappa shape index (κ1) is 19.9. The standard InChI is InChI=1S/C22H27FN2O3Si/c1-29(2,3)13-12-27-14-25-11-10-24-22(25)20(26)16-8-9-17(23)21-19(16)15-6-4-5-7-18(15)28-21/h4-11,20,22,24,26H,12-14H2,1-3H3. The Morgan fingerprint density at radius 3 is 2.83 bits per heavy atom. The van der Waals surface area contributed by atoms with E-state index < -0.39 is 26.2 Å². The molecule has 2 unspecified atom stereocenters. The van der Waals surface area contributed by atoms with E-state index in [0.29, 0.717) is 29.9 Å². The maximum atomic E-state index is 14.4. The number of hydrogen-bond acceptors (Lipinski definition) is 5. The molecule has 3 aromatic rings. The van der Waals surface area contributed by atoms with Gasteiger partial charge >= 0.3 is 0 Å². The fraction of sp³-hybridized carbons (Fsp3) is 0.364. The van der Waals surface area contributed by atoms with Crippen LogP contribution in [0, 0.1) is 5.82 Å². The number of aliphatic hydroxyl groups excluding tert-OH is 1. The van der Waals surface area contributed by atoms with E-state index in [2.05, 4.69) is 25.0 Å². The maximum Gasteiger partial charge on any atom is 0.171 e. The predicted molar refractivity (Wildman–Crippen MR) is 116 cm³/mol. The van der Waals surface area contributed by atoms with Gasteiger partial charge in [0.2, 0.25) is 0 Å². The quantitative estimate of drug-likeness (QED) is 0.431. The van der Waals surface area contributed by atoms with Crippen LogP contribution in [0.15, 0.2) is 53.2 Å². The van der Waals surface area contributed by atoms with Gasteiger partial charge in [0.15, 0.2) is 11.4 Å². The highest BCUT2D eigenvalue weighted by Gasteiger charge is 2.30. The Balaban J connectivity index is 1.58. The smallest absolute Gasteiger partial charge is 0.171 e. The Hall–Kier alpha value is -2.35. The fourth-order valence-corrected chi connectivity index (χ4v) is 4.37. The van der Waals surface area contributed by atoms with Crippen LogP contribution in [0.4, 0.5) is 4.39 Å². The summed E-state index contributed by atoms with van der Waals surface area (Å²) in [4.78, 5) is 1.92. The van der Waals surface area contributed by atoms with Crippen LogP contribution in [0.1, 0.15) is 11.7 Å². The van der Waals surface area contributed by atoms with Crippen molar-refractivity contribution in [1.82, 2.24) is 10.2 Å². The lowest BCUT2D eigenvalue weighted by Gasteiger charge is -2.30. The van der Waals surface area contributed by atoms with Gasteiger partial charge in [-0.3, -0.25) is 0 Å². The number of rotatable bonds is 7. The molecule has 7 heteroatoms. The molecular weight excluding hydrogens is 387 g/mol. The van der Waals surface area contributed by atoms with Crippen molar-refractivity contribution in [3.8, 4) is 0 Å². The Bertz CT molecular complexity index is 1040. The molecule has 0 bridgehead atoms. The van der Waals surface area contributed by atoms with Gasteiger partial charge in [-0.25, -0.2) is 4.39 Å². The van der Waals surface area contributed by atoms with Gasteiger partial charge in [0.25, 0.3) is 0 Å². The molecule has 1 aliphatic rings. The third kappa shape index (κ3) is 4.03. The highest BCUT2D eigenvalue weighted by Crippen LogP contribution is 2.37. The number of ether oxygens (including phenoxy) is 1. The zero-order valence-corrected chi connectivity index (χ0v) is 18.0. The lowest BCUT2D eigenvalue weighted by Crippen LogP contribution is -2.42. The van der Waals surface area contributed by atoms with E-state index >= 15 is 0 Å². The largest absolute Gasteiger partial charge is 0.453 e. The zero-order valence-electron chi connectivity index (χ0n) is 17.0. The van der Waals surface area contributed by atoms with Crippen molar-refractivity contribution in [2.24, 2.45) is 0 Å². The molecular formula is C22H27FN2O3Si. The van der Waals surface area contributed by atoms with Crippen LogP contribution in [0.2, 0.25) is 25.7 Å². The molecule has 2 atom stereocenters. The highest BCUT2D eigenvalue weighted by molar-refractivity contribution is 6.76. The minimum absolute atomic E-state index is 0.173. The molecule has 5 nitrogen and oxygen atoms in total. The van der Waals surface area contributed by atoms with E-state index in [1.807, 2.05) is 29.3 Å². The van der Waals surface area contributed by atoms with Crippen LogP contribution in [0.5, 0.6) is 0 Å². The van der Waals surface area contributed by atoms with E-state index in [-0.39, 0.29) is 5.58 Å². The highest BCUT2D eigenvalue weighted by atomic mass is 28.3. The first-order chi connectivity index (χ1) is 13.8. The van der Waals surface area contributed by atoms with Gasteiger partial charge in [-0.05, 0) is 23.7 Å². The molecule has 0 amide bonds. The van der Waals surface area contributed by atoms with E-state index in [1.165, 1.54) is 6.07 Å². The number of furan rings is 1. The Labute approximate surface area is 170 Å². The summed E-state index contributed by atoms with van der Waals surface area (Å²) >= 11 is 0. The SMILES string of the molecule is C[Si](C)(C)CCOCN1C=CNC1C(O)c1ccc(F)c2oc3ccccc3c12. The van der Waals surface area contributed by atoms with E-state index in [4.69, 9.17) is 9.15 Å². The molecule has 4 rings (SSSR count). The van der Waals surface area contributed by atoms with Gasteiger partial charge in [-0.15, -0.1) is 0 Å². The number of fused-ring (bicyclic) bond motifs is 3. The minimum Gasteiger partial charge on any atom is -0.453 e. The second kappa shape index (κ2) is 7.82. The summed E-state index contributed by atoms with van der Waals surface area (Å²) in [7, 11) is -1.15. The third-order valence-electron chi connectivity index (χ3n) is 5.26. The summed E-state index contributed by atoms with van der Waals surface area (Å²) in [5.74, 6) is -0.434. The van der Waals surface area contributed by atoms with Crippen molar-refractivity contribution in [2.75, 3.05) is 13.3 Å². The van der Waals surface area contributed by atoms with Gasteiger partial charge in [-0.2, -0.15) is 0 Å². The van der Waals surface area contributed by atoms with Crippen molar-refractivity contribution in [3.05, 3.63) is 60.2 Å². The van der Waals surface area contributed by atoms with Crippen molar-refractivity contribution in [3.63, 3.8) is 0 Å². The maximum absolute atomic E-state index is 14.4. The lowest BCUT2D eigenvalue weighted by atomic mass is 9.99. The molecule has 2 heterocycles. The first-order valence-corrected chi connectivity index (χ1v) is 13.6. The molecule has 1 aliphatic heterocycles. The van der Waals surface area contributed by atoms with Gasteiger partial charge in [0.05, 0.1) is 0 Å². The molecule has 1 aromatic heterocycles. The second-order valence-electron chi connectivity index (χ2n) is 8.67. The Kier molecular flexibility index (Phi) is 5.37. The van der Waals surface area contributed by atoms with Crippen molar-refractivity contribution in [2.45, 2.75) is 38.0 Å². The topological polar surface area (TPSA) is 57.9 Å². The van der Waals surface area contributed by atoms with E-state index in [9.17, 15) is 9.50 Å². The minimum atomic E-state index is -1.15. The average molecular weight is 415 g/mol. The molecule has 2 N–H and O–H groups in total. The molecule has 29 heavy (non-hydrogen) atoms. The van der Waals surface area contributed by atoms with E-state index in [1.54, 1.807) is 18.3 Å². The first-order valence-electron chi connectivity index (χ1n) is 9.89. The number of halogens is 1. The van der Waals surface area contributed by atoms with Gasteiger partial charge in [0.1, 0.15) is 24.6 Å². The molecule has 0 aliphatic carbocycles. The van der Waals surface area contributed by atoms with Crippen molar-refractivity contribution >= 4 is 30.0 Å². The number of nitrogens with one attached hydrogen (secondary N) is 1. The zero-order chi connectivity index (χ0) is 20.6. The van der Waals surface area contributed by atoms with Crippen LogP contribution in [-0.4, -0.2) is 37.6 Å². The number of para-hydroxylation sites is 1. The molecule has 2 aromatic carbocycles. The summed E-state index contributed by atoms with van der Waals surface area (Å²) in [5.41, 5.74) is 1.40. The third-order valence-corrected chi connectivity index (χ3v) is 6.96. The molecule has 0 saturated carbocycles. The Morgan fingerprint density at radius 2 is 2.03 bits per heavy atom. The normalized spacial score (nSPS) is 18.0. The average Bonchev–Trinajstić information content (AvgIpc) is 3.29. The predicted octanol–water partition coefficient (Wildman–Crippen LogP) is 4.77. The van der Waals surface area contributed by atoms with Gasteiger partial charge < -0.3 is 24.5 Å². The molecule has 0 saturated heterocycles. The molecule has 154 valence electrons. The number of nitrogens with zero attached hydrogens (tertiary/aromatic N) is 1. The van der Waals surface area contributed by atoms with Crippen molar-refractivity contribution in [1.29, 1.82) is 0 Å². The van der Waals surface area contributed by atoms with Gasteiger partial charge in [-0.1, -0.05) is 43.9 Å². The van der Waals surface area contributed by atoms with Crippen LogP contribution in [0.25, 0.3) is 21.9 Å². The fourth-order valence-electron chi connectivity index (χ4n) is 3.61. The summed E-state index contributed by atoms with van der Waals surface area (Å²) in [6.07, 6.45) is 2.37. The monoisotopic (exact) mass is 414 g/mol. The summed E-state index contributed by atoms with van der Waals surface area (Å²) in [6, 6.07) is 11.5. The summed E-state index contributed by atoms with van der Waals surface area (Å²) < 4.78 is 26.0. The second-order valence-corrected chi connectivity index (χ2v) is 14.3. The van der Waals surface area contributed by atoms with Crippen LogP contribution in [0.3, 0.4) is 0 Å². The molecule has 0 radical (unpaired) electrons. The summed E-state index contributed by atoms with van der Waals surface area (Å²) in [5, 5.41) is 15.8. The van der Waals surface area contributed by atoms with Crippen LogP contribution < -0.4 is 5.32 Å². The molecule has 0 spiro atoms. The Morgan fingerprint density at radius 1 is 1.24 bits per heavy atom. The number of hydrogen-bond donors (Lipinski definition) is 2. The number of aliphatic hydroxyl groups is 1. The lowest BCUT2D eigenvalue weighted by molar-refractivity contribution is -0.00298. The van der Waals surface area contributed by atoms with Crippen LogP contribution in [-0.2, 0) is 4.74 Å². The van der Waals surface area contributed by atoms with E-state index in [0.717, 1.165) is 11.4 Å². The number of benzene rings is 2. The van der Waals surface area contributed by atoms with Crippen molar-refractivity contribution < 1.29 is 18.7 Å². The summed E-state index contributed by atoms with van der Waals surface area (Å²) in [6.45, 7) is 8.03.